The zero-order valence-electron chi connectivity index (χ0n) is 21.8. The molecule has 0 bridgehead atoms. The third-order valence-electron chi connectivity index (χ3n) is 7.00. The normalized spacial score (nSPS) is 19.1. The Kier molecular flexibility index (Phi) is 7.65. The minimum atomic E-state index is -1.05. The molecule has 0 aliphatic carbocycles. The SMILES string of the molecule is COc1ccc(C(OC[C@H]2O[C@@H](n3ccc(N)nc3=O)CC2O)(c2ccccc2)c2ccc(OC)cc2)cc1. The summed E-state index contributed by atoms with van der Waals surface area (Å²) in [5.41, 5.74) is 6.65. The van der Waals surface area contributed by atoms with E-state index in [0.29, 0.717) is 0 Å². The molecule has 202 valence electrons. The highest BCUT2D eigenvalue weighted by Crippen LogP contribution is 2.42. The van der Waals surface area contributed by atoms with Crippen molar-refractivity contribution in [1.29, 1.82) is 0 Å². The van der Waals surface area contributed by atoms with Crippen LogP contribution >= 0.6 is 0 Å². The molecule has 3 N–H and O–H groups in total. The Balaban J connectivity index is 1.53. The summed E-state index contributed by atoms with van der Waals surface area (Å²) in [6.07, 6.45) is -0.516. The predicted octanol–water partition coefficient (Wildman–Crippen LogP) is 3.50. The zero-order chi connectivity index (χ0) is 27.4. The van der Waals surface area contributed by atoms with E-state index in [1.54, 1.807) is 14.2 Å². The van der Waals surface area contributed by atoms with E-state index in [1.165, 1.54) is 16.8 Å². The molecule has 1 saturated heterocycles. The first-order valence-electron chi connectivity index (χ1n) is 12.6. The van der Waals surface area contributed by atoms with Gasteiger partial charge in [-0.15, -0.1) is 0 Å². The molecule has 0 amide bonds. The number of aliphatic hydroxyl groups excluding tert-OH is 1. The monoisotopic (exact) mass is 529 g/mol. The van der Waals surface area contributed by atoms with Gasteiger partial charge in [-0.05, 0) is 47.0 Å². The summed E-state index contributed by atoms with van der Waals surface area (Å²) >= 11 is 0. The zero-order valence-corrected chi connectivity index (χ0v) is 21.8. The van der Waals surface area contributed by atoms with Crippen molar-refractivity contribution in [2.45, 2.75) is 30.5 Å². The van der Waals surface area contributed by atoms with Crippen LogP contribution < -0.4 is 20.9 Å². The lowest BCUT2D eigenvalue weighted by Crippen LogP contribution is -2.38. The molecule has 4 aromatic rings. The fourth-order valence-electron chi connectivity index (χ4n) is 4.96. The van der Waals surface area contributed by atoms with Crippen molar-refractivity contribution in [2.24, 2.45) is 0 Å². The van der Waals surface area contributed by atoms with E-state index in [1.807, 2.05) is 78.9 Å². The number of aliphatic hydroxyl groups is 1. The van der Waals surface area contributed by atoms with E-state index in [9.17, 15) is 9.90 Å². The quantitative estimate of drug-likeness (QED) is 0.317. The lowest BCUT2D eigenvalue weighted by molar-refractivity contribution is -0.0944. The summed E-state index contributed by atoms with van der Waals surface area (Å²) < 4.78 is 25.1. The number of hydrogen-bond donors (Lipinski definition) is 2. The Morgan fingerprint density at radius 3 is 2.03 bits per heavy atom. The fraction of sp³-hybridized carbons (Fsp3) is 0.267. The van der Waals surface area contributed by atoms with Crippen molar-refractivity contribution < 1.29 is 24.1 Å². The predicted molar refractivity (Wildman–Crippen MR) is 146 cm³/mol. The molecule has 1 aliphatic heterocycles. The van der Waals surface area contributed by atoms with Crippen molar-refractivity contribution in [3.05, 3.63) is 118 Å². The van der Waals surface area contributed by atoms with Gasteiger partial charge in [-0.25, -0.2) is 4.79 Å². The van der Waals surface area contributed by atoms with Crippen molar-refractivity contribution in [2.75, 3.05) is 26.6 Å². The Hall–Kier alpha value is -4.18. The van der Waals surface area contributed by atoms with E-state index < -0.39 is 29.7 Å². The van der Waals surface area contributed by atoms with E-state index in [2.05, 4.69) is 4.98 Å². The molecule has 9 nitrogen and oxygen atoms in total. The number of methoxy groups -OCH3 is 2. The van der Waals surface area contributed by atoms with Gasteiger partial charge in [0.1, 0.15) is 35.2 Å². The first kappa shape index (κ1) is 26.4. The fourth-order valence-corrected chi connectivity index (χ4v) is 4.96. The van der Waals surface area contributed by atoms with E-state index >= 15 is 0 Å². The van der Waals surface area contributed by atoms with Gasteiger partial charge in [0.05, 0.1) is 26.9 Å². The number of nitrogens with zero attached hydrogens (tertiary/aromatic N) is 2. The van der Waals surface area contributed by atoms with Gasteiger partial charge in [-0.1, -0.05) is 54.6 Å². The molecule has 9 heteroatoms. The van der Waals surface area contributed by atoms with Gasteiger partial charge in [-0.2, -0.15) is 4.98 Å². The second kappa shape index (κ2) is 11.3. The van der Waals surface area contributed by atoms with Crippen LogP contribution in [0.25, 0.3) is 0 Å². The molecule has 2 heterocycles. The lowest BCUT2D eigenvalue weighted by Gasteiger charge is -2.37. The van der Waals surface area contributed by atoms with Gasteiger partial charge in [-0.3, -0.25) is 4.57 Å². The second-order valence-electron chi connectivity index (χ2n) is 9.29. The van der Waals surface area contributed by atoms with E-state index in [-0.39, 0.29) is 18.8 Å². The number of nitrogens with two attached hydrogens (primary N) is 1. The Bertz CT molecular complexity index is 1390. The minimum Gasteiger partial charge on any atom is -0.497 e. The maximum Gasteiger partial charge on any atom is 0.351 e. The van der Waals surface area contributed by atoms with Crippen LogP contribution in [0.3, 0.4) is 0 Å². The van der Waals surface area contributed by atoms with Gasteiger partial charge in [0.2, 0.25) is 0 Å². The molecule has 3 aromatic carbocycles. The summed E-state index contributed by atoms with van der Waals surface area (Å²) in [6, 6.07) is 26.8. The molecule has 0 saturated carbocycles. The number of hydrogen-bond acceptors (Lipinski definition) is 8. The van der Waals surface area contributed by atoms with Gasteiger partial charge < -0.3 is 29.8 Å². The summed E-state index contributed by atoms with van der Waals surface area (Å²) in [5, 5.41) is 10.9. The highest BCUT2D eigenvalue weighted by Gasteiger charge is 2.42. The Morgan fingerprint density at radius 1 is 0.923 bits per heavy atom. The van der Waals surface area contributed by atoms with Crippen LogP contribution in [0.5, 0.6) is 11.5 Å². The molecular weight excluding hydrogens is 498 g/mol. The van der Waals surface area contributed by atoms with Gasteiger partial charge in [0.25, 0.3) is 0 Å². The third kappa shape index (κ3) is 5.24. The molecular formula is C30H31N3O6. The topological polar surface area (TPSA) is 118 Å². The Labute approximate surface area is 226 Å². The van der Waals surface area contributed by atoms with Crippen LogP contribution in [-0.2, 0) is 15.1 Å². The summed E-state index contributed by atoms with van der Waals surface area (Å²) in [5.74, 6) is 1.56. The van der Waals surface area contributed by atoms with Crippen LogP contribution in [0.15, 0.2) is 95.9 Å². The molecule has 39 heavy (non-hydrogen) atoms. The van der Waals surface area contributed by atoms with Crippen molar-refractivity contribution in [3.63, 3.8) is 0 Å². The summed E-state index contributed by atoms with van der Waals surface area (Å²) in [6.45, 7) is 0.0434. The smallest absolute Gasteiger partial charge is 0.351 e. The Morgan fingerprint density at radius 2 is 1.49 bits per heavy atom. The van der Waals surface area contributed by atoms with Crippen molar-refractivity contribution >= 4 is 5.82 Å². The van der Waals surface area contributed by atoms with E-state index in [0.717, 1.165) is 28.2 Å². The van der Waals surface area contributed by atoms with Crippen LogP contribution in [0.2, 0.25) is 0 Å². The number of rotatable bonds is 9. The molecule has 1 unspecified atom stereocenters. The van der Waals surface area contributed by atoms with Gasteiger partial charge in [0.15, 0.2) is 0 Å². The number of benzene rings is 3. The average Bonchev–Trinajstić information content (AvgIpc) is 3.34. The number of ether oxygens (including phenoxy) is 4. The average molecular weight is 530 g/mol. The van der Waals surface area contributed by atoms with Crippen molar-refractivity contribution in [1.82, 2.24) is 9.55 Å². The van der Waals surface area contributed by atoms with Crippen LogP contribution in [0.4, 0.5) is 5.82 Å². The summed E-state index contributed by atoms with van der Waals surface area (Å²) in [4.78, 5) is 16.1. The largest absolute Gasteiger partial charge is 0.497 e. The maximum atomic E-state index is 12.4. The second-order valence-corrected chi connectivity index (χ2v) is 9.29. The first-order valence-corrected chi connectivity index (χ1v) is 12.6. The number of aromatic nitrogens is 2. The van der Waals surface area contributed by atoms with Gasteiger partial charge >= 0.3 is 5.69 Å². The summed E-state index contributed by atoms with van der Waals surface area (Å²) in [7, 11) is 3.24. The third-order valence-corrected chi connectivity index (χ3v) is 7.00. The van der Waals surface area contributed by atoms with Crippen LogP contribution in [0, 0.1) is 0 Å². The molecule has 0 radical (unpaired) electrons. The van der Waals surface area contributed by atoms with Gasteiger partial charge in [0, 0.05) is 12.6 Å². The molecule has 3 atom stereocenters. The lowest BCUT2D eigenvalue weighted by atomic mass is 9.80. The molecule has 5 rings (SSSR count). The standard InChI is InChI=1S/C30H31N3O6/c1-36-23-12-8-21(9-13-23)30(20-6-4-3-5-7-20,22-10-14-24(37-2)15-11-22)38-19-26-25(34)18-28(39-26)33-17-16-27(31)32-29(33)35/h3-17,25-26,28,34H,18-19H2,1-2H3,(H2,31,32,35)/t25?,26-,28-/m1/s1. The highest BCUT2D eigenvalue weighted by molar-refractivity contribution is 5.49. The molecule has 0 spiro atoms. The van der Waals surface area contributed by atoms with Crippen LogP contribution in [-0.4, -0.2) is 47.7 Å². The molecule has 1 aromatic heterocycles. The number of nitrogen functional groups attached to an aromatic ring is 1. The molecule has 1 fully saturated rings. The van der Waals surface area contributed by atoms with Crippen molar-refractivity contribution in [3.8, 4) is 11.5 Å². The molecule has 1 aliphatic rings. The first-order chi connectivity index (χ1) is 18.9. The highest BCUT2D eigenvalue weighted by atomic mass is 16.6. The maximum absolute atomic E-state index is 12.4. The minimum absolute atomic E-state index is 0.0434. The van der Waals surface area contributed by atoms with Crippen LogP contribution in [0.1, 0.15) is 29.3 Å². The van der Waals surface area contributed by atoms with E-state index in [4.69, 9.17) is 24.7 Å². The number of anilines is 1.